The smallest absolute Gasteiger partial charge is 0.282 e. The van der Waals surface area contributed by atoms with Crippen molar-refractivity contribution in [1.82, 2.24) is 5.43 Å². The van der Waals surface area contributed by atoms with Gasteiger partial charge in [-0.3, -0.25) is 15.0 Å². The maximum Gasteiger partial charge on any atom is 0.282 e. The van der Waals surface area contributed by atoms with Crippen molar-refractivity contribution in [2.75, 3.05) is 12.1 Å². The number of hydrogen-bond donors (Lipinski definition) is 1. The molecule has 0 saturated carbocycles. The number of nitrogens with one attached hydrogen (secondary N) is 1. The number of rotatable bonds is 3. The second-order valence-electron chi connectivity index (χ2n) is 5.00. The summed E-state index contributed by atoms with van der Waals surface area (Å²) in [6.45, 7) is 0. The van der Waals surface area contributed by atoms with Gasteiger partial charge in [-0.2, -0.15) is 0 Å². The van der Waals surface area contributed by atoms with Gasteiger partial charge in [0.1, 0.15) is 11.3 Å². The molecule has 2 aromatic rings. The summed E-state index contributed by atoms with van der Waals surface area (Å²) < 4.78 is 6.99. The number of carbonyl (C=O) groups excluding carboxylic acids is 2. The largest absolute Gasteiger partial charge is 0.496 e. The average molecular weight is 452 g/mol. The zero-order chi connectivity index (χ0) is 17.3. The number of nitrogens with zero attached hydrogens (tertiary/aromatic N) is 1. The van der Waals surface area contributed by atoms with Crippen molar-refractivity contribution >= 4 is 55.4 Å². The Labute approximate surface area is 155 Å². The molecule has 0 unspecified atom stereocenters. The summed E-state index contributed by atoms with van der Waals surface area (Å²) in [7, 11) is 1.54. The first kappa shape index (κ1) is 16.7. The third-order valence-corrected chi connectivity index (χ3v) is 4.49. The lowest BCUT2D eigenvalue weighted by atomic mass is 10.1. The maximum absolute atomic E-state index is 12.6. The second-order valence-corrected chi connectivity index (χ2v) is 6.83. The molecule has 0 bridgehead atoms. The van der Waals surface area contributed by atoms with Crippen LogP contribution < -0.4 is 15.2 Å². The molecular formula is C17H12Br2N2O3. The van der Waals surface area contributed by atoms with Crippen LogP contribution in [0.4, 0.5) is 5.69 Å². The summed E-state index contributed by atoms with van der Waals surface area (Å²) in [5, 5.41) is 1.23. The van der Waals surface area contributed by atoms with Gasteiger partial charge in [-0.1, -0.05) is 31.9 Å². The minimum Gasteiger partial charge on any atom is -0.496 e. The normalized spacial score (nSPS) is 15.8. The van der Waals surface area contributed by atoms with Crippen LogP contribution in [-0.4, -0.2) is 18.9 Å². The third kappa shape index (κ3) is 3.22. The molecule has 0 aliphatic carbocycles. The van der Waals surface area contributed by atoms with Gasteiger partial charge >= 0.3 is 0 Å². The van der Waals surface area contributed by atoms with Crippen molar-refractivity contribution in [3.05, 3.63) is 62.5 Å². The molecule has 1 aliphatic heterocycles. The summed E-state index contributed by atoms with van der Waals surface area (Å²) in [6.07, 6.45) is 1.53. The van der Waals surface area contributed by atoms with Gasteiger partial charge < -0.3 is 4.74 Å². The van der Waals surface area contributed by atoms with E-state index in [-0.39, 0.29) is 5.57 Å². The molecule has 24 heavy (non-hydrogen) atoms. The molecule has 3 rings (SSSR count). The molecule has 1 heterocycles. The number of ether oxygens (including phenoxy) is 1. The lowest BCUT2D eigenvalue weighted by molar-refractivity contribution is -0.117. The van der Waals surface area contributed by atoms with Crippen LogP contribution in [0, 0.1) is 0 Å². The molecule has 1 saturated heterocycles. The van der Waals surface area contributed by atoms with Crippen LogP contribution in [0.2, 0.25) is 0 Å². The summed E-state index contributed by atoms with van der Waals surface area (Å²) in [6, 6.07) is 12.5. The number of carbonyl (C=O) groups is 2. The highest BCUT2D eigenvalue weighted by atomic mass is 79.9. The Kier molecular flexibility index (Phi) is 4.73. The zero-order valence-electron chi connectivity index (χ0n) is 12.5. The van der Waals surface area contributed by atoms with E-state index in [1.807, 2.05) is 6.07 Å². The number of hydrazine groups is 1. The molecule has 1 fully saturated rings. The van der Waals surface area contributed by atoms with Crippen LogP contribution in [-0.2, 0) is 9.59 Å². The van der Waals surface area contributed by atoms with E-state index >= 15 is 0 Å². The van der Waals surface area contributed by atoms with Crippen molar-refractivity contribution in [1.29, 1.82) is 0 Å². The maximum atomic E-state index is 12.6. The Hall–Kier alpha value is -2.12. The van der Waals surface area contributed by atoms with E-state index in [0.717, 1.165) is 8.95 Å². The quantitative estimate of drug-likeness (QED) is 0.572. The molecular weight excluding hydrogens is 440 g/mol. The van der Waals surface area contributed by atoms with E-state index in [1.54, 1.807) is 36.4 Å². The summed E-state index contributed by atoms with van der Waals surface area (Å²) in [4.78, 5) is 24.8. The molecule has 7 heteroatoms. The SMILES string of the molecule is COc1ccc(Br)cc1/C=C1/C(=O)NN(c2ccc(Br)cc2)C1=O. The first-order valence-corrected chi connectivity index (χ1v) is 8.54. The predicted molar refractivity (Wildman–Crippen MR) is 98.4 cm³/mol. The molecule has 5 nitrogen and oxygen atoms in total. The fourth-order valence-corrected chi connectivity index (χ4v) is 2.95. The summed E-state index contributed by atoms with van der Waals surface area (Å²) >= 11 is 6.71. The van der Waals surface area contributed by atoms with Crippen LogP contribution in [0.3, 0.4) is 0 Å². The highest BCUT2D eigenvalue weighted by molar-refractivity contribution is 9.10. The van der Waals surface area contributed by atoms with Crippen LogP contribution in [0.15, 0.2) is 57.0 Å². The van der Waals surface area contributed by atoms with Crippen molar-refractivity contribution in [2.45, 2.75) is 0 Å². The van der Waals surface area contributed by atoms with E-state index in [1.165, 1.54) is 18.2 Å². The number of anilines is 1. The monoisotopic (exact) mass is 450 g/mol. The average Bonchev–Trinajstić information content (AvgIpc) is 2.84. The molecule has 2 amide bonds. The first-order valence-electron chi connectivity index (χ1n) is 6.96. The fourth-order valence-electron chi connectivity index (χ4n) is 2.30. The Morgan fingerprint density at radius 1 is 1.04 bits per heavy atom. The van der Waals surface area contributed by atoms with E-state index in [2.05, 4.69) is 37.3 Å². The Morgan fingerprint density at radius 2 is 1.71 bits per heavy atom. The van der Waals surface area contributed by atoms with Crippen LogP contribution >= 0.6 is 31.9 Å². The lowest BCUT2D eigenvalue weighted by Crippen LogP contribution is -2.35. The van der Waals surface area contributed by atoms with Gasteiger partial charge in [0.15, 0.2) is 0 Å². The molecule has 0 spiro atoms. The van der Waals surface area contributed by atoms with E-state index < -0.39 is 11.8 Å². The topological polar surface area (TPSA) is 58.6 Å². The van der Waals surface area contributed by atoms with Gasteiger partial charge in [0.2, 0.25) is 0 Å². The second kappa shape index (κ2) is 6.78. The van der Waals surface area contributed by atoms with E-state index in [4.69, 9.17) is 4.74 Å². The van der Waals surface area contributed by atoms with Crippen LogP contribution in [0.5, 0.6) is 5.75 Å². The molecule has 0 atom stereocenters. The predicted octanol–water partition coefficient (Wildman–Crippen LogP) is 3.68. The summed E-state index contributed by atoms with van der Waals surface area (Å²) in [5.41, 5.74) is 3.85. The van der Waals surface area contributed by atoms with Gasteiger partial charge in [0, 0.05) is 14.5 Å². The summed E-state index contributed by atoms with van der Waals surface area (Å²) in [5.74, 6) is -0.289. The molecule has 1 aliphatic rings. The first-order chi connectivity index (χ1) is 11.5. The minimum atomic E-state index is -0.454. The van der Waals surface area contributed by atoms with Crippen molar-refractivity contribution < 1.29 is 14.3 Å². The Bertz CT molecular complexity index is 847. The highest BCUT2D eigenvalue weighted by Gasteiger charge is 2.34. The fraction of sp³-hybridized carbons (Fsp3) is 0.0588. The lowest BCUT2D eigenvalue weighted by Gasteiger charge is -2.14. The number of methoxy groups -OCH3 is 1. The van der Waals surface area contributed by atoms with E-state index in [9.17, 15) is 9.59 Å². The van der Waals surface area contributed by atoms with Crippen molar-refractivity contribution in [3.63, 3.8) is 0 Å². The number of benzene rings is 2. The van der Waals surface area contributed by atoms with Gasteiger partial charge in [0.25, 0.3) is 11.8 Å². The molecule has 0 radical (unpaired) electrons. The molecule has 1 N–H and O–H groups in total. The third-order valence-electron chi connectivity index (χ3n) is 3.47. The number of hydrogen-bond acceptors (Lipinski definition) is 3. The number of halogens is 2. The standard InChI is InChI=1S/C17H12Br2N2O3/c1-24-15-7-4-12(19)8-10(15)9-14-16(22)20-21(17(14)23)13-5-2-11(18)3-6-13/h2-9H,1H3,(H,20,22)/b14-9-. The van der Waals surface area contributed by atoms with Gasteiger partial charge in [0.05, 0.1) is 12.8 Å². The Morgan fingerprint density at radius 3 is 2.38 bits per heavy atom. The molecule has 122 valence electrons. The van der Waals surface area contributed by atoms with Crippen molar-refractivity contribution in [3.8, 4) is 5.75 Å². The number of amides is 2. The van der Waals surface area contributed by atoms with Crippen LogP contribution in [0.25, 0.3) is 6.08 Å². The minimum absolute atomic E-state index is 0.0503. The van der Waals surface area contributed by atoms with Gasteiger partial charge in [-0.25, -0.2) is 5.01 Å². The van der Waals surface area contributed by atoms with E-state index in [0.29, 0.717) is 17.0 Å². The van der Waals surface area contributed by atoms with Gasteiger partial charge in [-0.15, -0.1) is 0 Å². The van der Waals surface area contributed by atoms with Crippen LogP contribution in [0.1, 0.15) is 5.56 Å². The molecule has 0 aromatic heterocycles. The highest BCUT2D eigenvalue weighted by Crippen LogP contribution is 2.28. The van der Waals surface area contributed by atoms with Crippen molar-refractivity contribution in [2.24, 2.45) is 0 Å². The zero-order valence-corrected chi connectivity index (χ0v) is 15.7. The van der Waals surface area contributed by atoms with Gasteiger partial charge in [-0.05, 0) is 48.5 Å². The molecule has 2 aromatic carbocycles. The Balaban J connectivity index is 1.97.